The Kier molecular flexibility index (Phi) is 4.47. The van der Waals surface area contributed by atoms with E-state index in [9.17, 15) is 9.59 Å². The summed E-state index contributed by atoms with van der Waals surface area (Å²) in [5, 5.41) is 3.22. The van der Waals surface area contributed by atoms with Crippen LogP contribution in [0.15, 0.2) is 0 Å². The van der Waals surface area contributed by atoms with Crippen LogP contribution in [0, 0.1) is 5.92 Å². The molecule has 1 rings (SSSR count). The summed E-state index contributed by atoms with van der Waals surface area (Å²) in [6.45, 7) is 8.75. The Hall–Kier alpha value is -0.900. The molecule has 0 aromatic carbocycles. The van der Waals surface area contributed by atoms with Crippen LogP contribution >= 0.6 is 0 Å². The lowest BCUT2D eigenvalue weighted by molar-refractivity contribution is -0.134. The maximum atomic E-state index is 11.9. The molecule has 0 spiro atoms. The fourth-order valence-electron chi connectivity index (χ4n) is 1.82. The van der Waals surface area contributed by atoms with E-state index in [1.807, 2.05) is 27.7 Å². The minimum atomic E-state index is -0.0973. The molecule has 1 fully saturated rings. The molecule has 1 saturated heterocycles. The average molecular weight is 226 g/mol. The molecule has 0 unspecified atom stereocenters. The molecule has 0 bridgehead atoms. The molecular formula is C12H22N2O2. The Bertz CT molecular complexity index is 274. The van der Waals surface area contributed by atoms with Crippen molar-refractivity contribution < 1.29 is 9.59 Å². The molecule has 16 heavy (non-hydrogen) atoms. The highest BCUT2D eigenvalue weighted by molar-refractivity contribution is 5.90. The van der Waals surface area contributed by atoms with Gasteiger partial charge in [0.2, 0.25) is 5.91 Å². The highest BCUT2D eigenvalue weighted by Gasteiger charge is 2.32. The van der Waals surface area contributed by atoms with E-state index in [1.54, 1.807) is 4.90 Å². The van der Waals surface area contributed by atoms with Gasteiger partial charge in [0, 0.05) is 18.5 Å². The number of hydrogen-bond acceptors (Lipinski definition) is 3. The molecule has 4 heteroatoms. The van der Waals surface area contributed by atoms with Gasteiger partial charge in [-0.05, 0) is 6.42 Å². The van der Waals surface area contributed by atoms with E-state index in [4.69, 9.17) is 0 Å². The smallest absolute Gasteiger partial charge is 0.240 e. The van der Waals surface area contributed by atoms with Gasteiger partial charge in [-0.15, -0.1) is 0 Å². The molecule has 4 nitrogen and oxygen atoms in total. The minimum Gasteiger partial charge on any atom is -0.334 e. The van der Waals surface area contributed by atoms with Gasteiger partial charge in [-0.3, -0.25) is 9.59 Å². The third kappa shape index (κ3) is 3.30. The SMILES string of the molecule is CC(C)N[C@@H]1CCN(CC(=O)C(C)C)C1=O. The standard InChI is InChI=1S/C12H22N2O2/c1-8(2)11(15)7-14-6-5-10(12(14)16)13-9(3)4/h8-10,13H,5-7H2,1-4H3/t10-/m1/s1. The Labute approximate surface area is 97.4 Å². The van der Waals surface area contributed by atoms with Crippen molar-refractivity contribution in [3.63, 3.8) is 0 Å². The first-order chi connectivity index (χ1) is 7.41. The Morgan fingerprint density at radius 3 is 2.56 bits per heavy atom. The molecule has 1 amide bonds. The minimum absolute atomic E-state index is 0.00454. The van der Waals surface area contributed by atoms with Gasteiger partial charge in [-0.1, -0.05) is 27.7 Å². The average Bonchev–Trinajstić information content (AvgIpc) is 2.49. The van der Waals surface area contributed by atoms with Gasteiger partial charge in [0.25, 0.3) is 0 Å². The molecule has 0 aromatic heterocycles. The van der Waals surface area contributed by atoms with Crippen LogP contribution in [0.2, 0.25) is 0 Å². The molecule has 0 aromatic rings. The number of carbonyl (C=O) groups is 2. The van der Waals surface area contributed by atoms with Crippen LogP contribution in [-0.4, -0.2) is 41.8 Å². The summed E-state index contributed by atoms with van der Waals surface area (Å²) in [4.78, 5) is 25.1. The Morgan fingerprint density at radius 2 is 2.06 bits per heavy atom. The van der Waals surface area contributed by atoms with Crippen LogP contribution in [0.3, 0.4) is 0 Å². The zero-order valence-corrected chi connectivity index (χ0v) is 10.6. The molecule has 1 aliphatic rings. The predicted octanol–water partition coefficient (Wildman–Crippen LogP) is 0.810. The van der Waals surface area contributed by atoms with E-state index in [1.165, 1.54) is 0 Å². The van der Waals surface area contributed by atoms with Crippen LogP contribution in [0.5, 0.6) is 0 Å². The van der Waals surface area contributed by atoms with Crippen LogP contribution in [0.25, 0.3) is 0 Å². The summed E-state index contributed by atoms with van der Waals surface area (Å²) in [5.41, 5.74) is 0. The largest absolute Gasteiger partial charge is 0.334 e. The van der Waals surface area contributed by atoms with E-state index < -0.39 is 0 Å². The lowest BCUT2D eigenvalue weighted by Crippen LogP contribution is -2.43. The summed E-state index contributed by atoms with van der Waals surface area (Å²) in [5.74, 6) is 0.214. The molecule has 0 saturated carbocycles. The summed E-state index contributed by atoms with van der Waals surface area (Å²) >= 11 is 0. The van der Waals surface area contributed by atoms with Gasteiger partial charge in [0.15, 0.2) is 5.78 Å². The van der Waals surface area contributed by atoms with Gasteiger partial charge in [-0.25, -0.2) is 0 Å². The lowest BCUT2D eigenvalue weighted by atomic mass is 10.1. The fourth-order valence-corrected chi connectivity index (χ4v) is 1.82. The first kappa shape index (κ1) is 13.2. The third-order valence-electron chi connectivity index (χ3n) is 2.82. The number of nitrogens with one attached hydrogen (secondary N) is 1. The molecule has 92 valence electrons. The van der Waals surface area contributed by atoms with E-state index in [0.29, 0.717) is 12.6 Å². The van der Waals surface area contributed by atoms with Crippen molar-refractivity contribution in [1.82, 2.24) is 10.2 Å². The van der Waals surface area contributed by atoms with Crippen molar-refractivity contribution in [2.75, 3.05) is 13.1 Å². The van der Waals surface area contributed by atoms with Gasteiger partial charge < -0.3 is 10.2 Å². The van der Waals surface area contributed by atoms with Crippen molar-refractivity contribution in [3.8, 4) is 0 Å². The molecule has 0 aliphatic carbocycles. The van der Waals surface area contributed by atoms with E-state index >= 15 is 0 Å². The van der Waals surface area contributed by atoms with Crippen molar-refractivity contribution in [2.24, 2.45) is 5.92 Å². The van der Waals surface area contributed by atoms with Gasteiger partial charge >= 0.3 is 0 Å². The zero-order chi connectivity index (χ0) is 12.3. The molecule has 0 radical (unpaired) electrons. The summed E-state index contributed by atoms with van der Waals surface area (Å²) in [6, 6.07) is 0.203. The van der Waals surface area contributed by atoms with Gasteiger partial charge in [-0.2, -0.15) is 0 Å². The number of amides is 1. The van der Waals surface area contributed by atoms with Gasteiger partial charge in [0.05, 0.1) is 12.6 Å². The Morgan fingerprint density at radius 1 is 1.44 bits per heavy atom. The van der Waals surface area contributed by atoms with Crippen molar-refractivity contribution in [1.29, 1.82) is 0 Å². The molecular weight excluding hydrogens is 204 g/mol. The fraction of sp³-hybridized carbons (Fsp3) is 0.833. The highest BCUT2D eigenvalue weighted by atomic mass is 16.2. The molecule has 1 aliphatic heterocycles. The first-order valence-corrected chi connectivity index (χ1v) is 5.99. The normalized spacial score (nSPS) is 21.2. The first-order valence-electron chi connectivity index (χ1n) is 5.99. The van der Waals surface area contributed by atoms with Crippen LogP contribution in [0.4, 0.5) is 0 Å². The number of likely N-dealkylation sites (tertiary alicyclic amines) is 1. The highest BCUT2D eigenvalue weighted by Crippen LogP contribution is 2.12. The quantitative estimate of drug-likeness (QED) is 0.754. The second-order valence-electron chi connectivity index (χ2n) is 5.04. The Balaban J connectivity index is 2.48. The lowest BCUT2D eigenvalue weighted by Gasteiger charge is -2.18. The van der Waals surface area contributed by atoms with Crippen molar-refractivity contribution in [3.05, 3.63) is 0 Å². The van der Waals surface area contributed by atoms with Crippen LogP contribution < -0.4 is 5.32 Å². The predicted molar refractivity (Wildman–Crippen MR) is 63.1 cm³/mol. The zero-order valence-electron chi connectivity index (χ0n) is 10.6. The van der Waals surface area contributed by atoms with Crippen LogP contribution in [0.1, 0.15) is 34.1 Å². The number of carbonyl (C=O) groups excluding carboxylic acids is 2. The summed E-state index contributed by atoms with van der Waals surface area (Å²) < 4.78 is 0. The van der Waals surface area contributed by atoms with E-state index in [2.05, 4.69) is 5.32 Å². The van der Waals surface area contributed by atoms with Crippen molar-refractivity contribution in [2.45, 2.75) is 46.2 Å². The topological polar surface area (TPSA) is 49.4 Å². The summed E-state index contributed by atoms with van der Waals surface area (Å²) in [7, 11) is 0. The molecule has 1 heterocycles. The third-order valence-corrected chi connectivity index (χ3v) is 2.82. The summed E-state index contributed by atoms with van der Waals surface area (Å²) in [6.07, 6.45) is 0.808. The van der Waals surface area contributed by atoms with Gasteiger partial charge in [0.1, 0.15) is 0 Å². The number of ketones is 1. The molecule has 1 N–H and O–H groups in total. The second kappa shape index (κ2) is 5.43. The number of rotatable bonds is 5. The van der Waals surface area contributed by atoms with E-state index in [-0.39, 0.29) is 30.2 Å². The van der Waals surface area contributed by atoms with Crippen molar-refractivity contribution >= 4 is 11.7 Å². The van der Waals surface area contributed by atoms with Crippen LogP contribution in [-0.2, 0) is 9.59 Å². The number of hydrogen-bond donors (Lipinski definition) is 1. The van der Waals surface area contributed by atoms with E-state index in [0.717, 1.165) is 6.42 Å². The number of Topliss-reactive ketones (excluding diaryl/α,β-unsaturated/α-hetero) is 1. The molecule has 1 atom stereocenters. The number of nitrogens with zero attached hydrogens (tertiary/aromatic N) is 1. The maximum Gasteiger partial charge on any atom is 0.240 e. The second-order valence-corrected chi connectivity index (χ2v) is 5.04. The monoisotopic (exact) mass is 226 g/mol. The maximum absolute atomic E-state index is 11.9.